The minimum atomic E-state index is -0.0137. The second-order valence-corrected chi connectivity index (χ2v) is 8.16. The van der Waals surface area contributed by atoms with Crippen LogP contribution in [0.3, 0.4) is 0 Å². The third-order valence-corrected chi connectivity index (χ3v) is 6.56. The molecule has 0 amide bonds. The van der Waals surface area contributed by atoms with Crippen LogP contribution in [0.15, 0.2) is 47.3 Å². The number of anilines is 2. The summed E-state index contributed by atoms with van der Waals surface area (Å²) < 4.78 is 5.46. The fraction of sp³-hybridized carbons (Fsp3) is 0.500. The quantitative estimate of drug-likeness (QED) is 0.905. The van der Waals surface area contributed by atoms with Gasteiger partial charge in [-0.1, -0.05) is 30.3 Å². The average molecular weight is 365 g/mol. The maximum Gasteiger partial charge on any atom is 0.251 e. The predicted molar refractivity (Wildman–Crippen MR) is 108 cm³/mol. The summed E-state index contributed by atoms with van der Waals surface area (Å²) in [6.07, 6.45) is 2.36. The van der Waals surface area contributed by atoms with Crippen molar-refractivity contribution in [1.29, 1.82) is 0 Å². The lowest BCUT2D eigenvalue weighted by atomic mass is 10.0. The number of morpholine rings is 1. The summed E-state index contributed by atoms with van der Waals surface area (Å²) in [7, 11) is 0. The molecule has 5 rings (SSSR count). The van der Waals surface area contributed by atoms with E-state index in [0.717, 1.165) is 56.1 Å². The fourth-order valence-corrected chi connectivity index (χ4v) is 5.11. The molecule has 0 radical (unpaired) electrons. The lowest BCUT2D eigenvalue weighted by Gasteiger charge is -2.35. The Morgan fingerprint density at radius 1 is 1.11 bits per heavy atom. The first kappa shape index (κ1) is 16.9. The summed E-state index contributed by atoms with van der Waals surface area (Å²) in [5.41, 5.74) is 2.38. The molecule has 3 heterocycles. The van der Waals surface area contributed by atoms with E-state index in [1.165, 1.54) is 12.0 Å². The Kier molecular flexibility index (Phi) is 4.20. The van der Waals surface area contributed by atoms with Crippen LogP contribution in [-0.4, -0.2) is 43.4 Å². The molecule has 2 saturated heterocycles. The molecule has 3 aliphatic rings. The van der Waals surface area contributed by atoms with E-state index in [-0.39, 0.29) is 5.56 Å². The van der Waals surface area contributed by atoms with Gasteiger partial charge in [0.05, 0.1) is 13.2 Å². The first-order valence-corrected chi connectivity index (χ1v) is 10.1. The smallest absolute Gasteiger partial charge is 0.251 e. The summed E-state index contributed by atoms with van der Waals surface area (Å²) in [4.78, 5) is 20.3. The van der Waals surface area contributed by atoms with Crippen molar-refractivity contribution in [3.63, 3.8) is 0 Å². The first-order valence-electron chi connectivity index (χ1n) is 10.1. The largest absolute Gasteiger partial charge is 0.378 e. The molecule has 142 valence electrons. The molecule has 0 spiro atoms. The molecule has 2 aromatic rings. The van der Waals surface area contributed by atoms with Crippen molar-refractivity contribution in [2.45, 2.75) is 31.8 Å². The van der Waals surface area contributed by atoms with Gasteiger partial charge >= 0.3 is 0 Å². The molecule has 2 aliphatic heterocycles. The van der Waals surface area contributed by atoms with Crippen LogP contribution in [0, 0.1) is 11.8 Å². The zero-order valence-electron chi connectivity index (χ0n) is 15.8. The van der Waals surface area contributed by atoms with E-state index in [1.807, 2.05) is 0 Å². The second-order valence-electron chi connectivity index (χ2n) is 8.16. The Bertz CT molecular complexity index is 859. The van der Waals surface area contributed by atoms with Crippen molar-refractivity contribution in [1.82, 2.24) is 4.98 Å². The maximum absolute atomic E-state index is 12.4. The Morgan fingerprint density at radius 2 is 1.89 bits per heavy atom. The van der Waals surface area contributed by atoms with Gasteiger partial charge in [0, 0.05) is 43.0 Å². The summed E-state index contributed by atoms with van der Waals surface area (Å²) in [5, 5.41) is 0. The highest BCUT2D eigenvalue weighted by Crippen LogP contribution is 2.55. The Morgan fingerprint density at radius 3 is 2.67 bits per heavy atom. The van der Waals surface area contributed by atoms with Crippen LogP contribution >= 0.6 is 0 Å². The lowest BCUT2D eigenvalue weighted by Crippen LogP contribution is -2.42. The molecular weight excluding hydrogens is 338 g/mol. The molecule has 3 fully saturated rings. The van der Waals surface area contributed by atoms with E-state index >= 15 is 0 Å². The van der Waals surface area contributed by atoms with Crippen LogP contribution in [0.4, 0.5) is 11.5 Å². The van der Waals surface area contributed by atoms with E-state index in [4.69, 9.17) is 4.74 Å². The third-order valence-electron chi connectivity index (χ3n) is 6.56. The number of rotatable bonds is 4. The van der Waals surface area contributed by atoms with Gasteiger partial charge in [0.15, 0.2) is 0 Å². The van der Waals surface area contributed by atoms with Gasteiger partial charge in [0.2, 0.25) is 0 Å². The van der Waals surface area contributed by atoms with Crippen molar-refractivity contribution in [3.8, 4) is 0 Å². The molecule has 4 atom stereocenters. The second kappa shape index (κ2) is 6.71. The number of H-pyrrole nitrogens is 1. The molecule has 1 aromatic carbocycles. The van der Waals surface area contributed by atoms with Crippen molar-refractivity contribution in [2.24, 2.45) is 11.8 Å². The standard InChI is InChI=1S/C22H27N3O2/c1-15-18-14-19(18)20(11-16-5-3-2-4-6-16)25(15)21-12-17(13-22(26)23-21)24-7-9-27-10-8-24/h2-6,12-13,15,18-20H,7-11,14H2,1H3,(H,23,26)/t15-,18+,19+,20-/m1/s1. The number of hydrogen-bond acceptors (Lipinski definition) is 4. The SMILES string of the molecule is C[C@@H]1[C@@H]2C[C@@H]2[C@@H](Cc2ccccc2)N1c1cc(N2CCOCC2)cc(=O)[nH]1. The normalized spacial score (nSPS) is 29.7. The van der Waals surface area contributed by atoms with Crippen LogP contribution < -0.4 is 15.4 Å². The summed E-state index contributed by atoms with van der Waals surface area (Å²) in [6, 6.07) is 15.6. The minimum Gasteiger partial charge on any atom is -0.378 e. The summed E-state index contributed by atoms with van der Waals surface area (Å²) in [5.74, 6) is 2.48. The number of pyridine rings is 1. The number of aromatic amines is 1. The van der Waals surface area contributed by atoms with Gasteiger partial charge in [0.1, 0.15) is 5.82 Å². The molecule has 1 N–H and O–H groups in total. The Balaban J connectivity index is 1.46. The van der Waals surface area contributed by atoms with Gasteiger partial charge in [-0.15, -0.1) is 0 Å². The number of piperidine rings is 1. The number of hydrogen-bond donors (Lipinski definition) is 1. The lowest BCUT2D eigenvalue weighted by molar-refractivity contribution is 0.122. The molecule has 1 aliphatic carbocycles. The van der Waals surface area contributed by atoms with Crippen LogP contribution in [0.1, 0.15) is 18.9 Å². The average Bonchev–Trinajstić information content (AvgIpc) is 3.44. The van der Waals surface area contributed by atoms with Crippen molar-refractivity contribution in [3.05, 3.63) is 58.4 Å². The van der Waals surface area contributed by atoms with Crippen molar-refractivity contribution >= 4 is 11.5 Å². The van der Waals surface area contributed by atoms with Gasteiger partial charge < -0.3 is 19.5 Å². The van der Waals surface area contributed by atoms with Gasteiger partial charge in [-0.2, -0.15) is 0 Å². The molecule has 0 unspecified atom stereocenters. The number of nitrogens with zero attached hydrogens (tertiary/aromatic N) is 2. The van der Waals surface area contributed by atoms with Crippen LogP contribution in [0.5, 0.6) is 0 Å². The maximum atomic E-state index is 12.4. The molecule has 1 saturated carbocycles. The first-order chi connectivity index (χ1) is 13.2. The Hall–Kier alpha value is -2.27. The zero-order valence-corrected chi connectivity index (χ0v) is 15.8. The summed E-state index contributed by atoms with van der Waals surface area (Å²) >= 11 is 0. The fourth-order valence-electron chi connectivity index (χ4n) is 5.11. The topological polar surface area (TPSA) is 48.6 Å². The number of aromatic nitrogens is 1. The predicted octanol–water partition coefficient (Wildman–Crippen LogP) is 2.67. The zero-order chi connectivity index (χ0) is 18.4. The van der Waals surface area contributed by atoms with Crippen molar-refractivity contribution in [2.75, 3.05) is 36.1 Å². The highest BCUT2D eigenvalue weighted by Gasteiger charge is 2.56. The van der Waals surface area contributed by atoms with Crippen LogP contribution in [0.2, 0.25) is 0 Å². The van der Waals surface area contributed by atoms with Crippen LogP contribution in [0.25, 0.3) is 0 Å². The van der Waals surface area contributed by atoms with E-state index < -0.39 is 0 Å². The number of nitrogens with one attached hydrogen (secondary N) is 1. The monoisotopic (exact) mass is 365 g/mol. The third kappa shape index (κ3) is 3.14. The highest BCUT2D eigenvalue weighted by atomic mass is 16.5. The van der Waals surface area contributed by atoms with E-state index in [1.54, 1.807) is 6.07 Å². The Labute approximate surface area is 159 Å². The number of fused-ring (bicyclic) bond motifs is 1. The van der Waals surface area contributed by atoms with Gasteiger partial charge in [-0.3, -0.25) is 4.79 Å². The molecule has 27 heavy (non-hydrogen) atoms. The van der Waals surface area contributed by atoms with E-state index in [2.05, 4.69) is 58.1 Å². The summed E-state index contributed by atoms with van der Waals surface area (Å²) in [6.45, 7) is 5.45. The van der Waals surface area contributed by atoms with Gasteiger partial charge in [-0.05, 0) is 37.2 Å². The minimum absolute atomic E-state index is 0.0137. The van der Waals surface area contributed by atoms with E-state index in [9.17, 15) is 4.79 Å². The van der Waals surface area contributed by atoms with Gasteiger partial charge in [-0.25, -0.2) is 0 Å². The highest BCUT2D eigenvalue weighted by molar-refractivity contribution is 5.57. The van der Waals surface area contributed by atoms with Gasteiger partial charge in [0.25, 0.3) is 5.56 Å². The van der Waals surface area contributed by atoms with Crippen LogP contribution in [-0.2, 0) is 11.2 Å². The molecular formula is C22H27N3O2. The number of benzene rings is 1. The molecule has 1 aromatic heterocycles. The molecule has 5 heteroatoms. The molecule has 0 bridgehead atoms. The molecule has 5 nitrogen and oxygen atoms in total. The number of ether oxygens (including phenoxy) is 1. The van der Waals surface area contributed by atoms with E-state index in [0.29, 0.717) is 12.1 Å². The van der Waals surface area contributed by atoms with Crippen molar-refractivity contribution < 1.29 is 4.74 Å².